The van der Waals surface area contributed by atoms with E-state index in [0.29, 0.717) is 6.42 Å². The van der Waals surface area contributed by atoms with E-state index in [1.165, 1.54) is 0 Å². The molecule has 1 aromatic heterocycles. The highest BCUT2D eigenvalue weighted by Crippen LogP contribution is 2.23. The van der Waals surface area contributed by atoms with Crippen LogP contribution in [0.2, 0.25) is 0 Å². The van der Waals surface area contributed by atoms with Crippen molar-refractivity contribution in [2.45, 2.75) is 39.7 Å². The van der Waals surface area contributed by atoms with E-state index in [2.05, 4.69) is 15.3 Å². The molecule has 100 valence electrons. The third-order valence-corrected chi connectivity index (χ3v) is 2.23. The fourth-order valence-electron chi connectivity index (χ4n) is 1.69. The molecular formula is C12H18FN3O2. The van der Waals surface area contributed by atoms with Crippen LogP contribution in [0.25, 0.3) is 0 Å². The molecule has 1 heterocycles. The number of nitrogens with zero attached hydrogens (tertiary/aromatic N) is 2. The SMILES string of the molecule is CC(C)(C)CC(CC(=O)O)Nc1ncc(F)cn1. The van der Waals surface area contributed by atoms with Crippen LogP contribution in [0.15, 0.2) is 12.4 Å². The number of carbonyl (C=O) groups is 1. The van der Waals surface area contributed by atoms with Crippen molar-refractivity contribution in [3.63, 3.8) is 0 Å². The largest absolute Gasteiger partial charge is 0.481 e. The number of carboxylic acid groups (broad SMARTS) is 1. The van der Waals surface area contributed by atoms with Crippen molar-refractivity contribution < 1.29 is 14.3 Å². The molecule has 0 saturated heterocycles. The van der Waals surface area contributed by atoms with Gasteiger partial charge >= 0.3 is 5.97 Å². The highest BCUT2D eigenvalue weighted by molar-refractivity contribution is 5.68. The van der Waals surface area contributed by atoms with Crippen LogP contribution >= 0.6 is 0 Å². The zero-order chi connectivity index (χ0) is 13.8. The minimum Gasteiger partial charge on any atom is -0.481 e. The number of halogens is 1. The Hall–Kier alpha value is -1.72. The van der Waals surface area contributed by atoms with Crippen LogP contribution in [0.4, 0.5) is 10.3 Å². The number of anilines is 1. The van der Waals surface area contributed by atoms with Crippen molar-refractivity contribution in [1.29, 1.82) is 0 Å². The summed E-state index contributed by atoms with van der Waals surface area (Å²) in [5, 5.41) is 11.8. The summed E-state index contributed by atoms with van der Waals surface area (Å²) in [7, 11) is 0. The average molecular weight is 255 g/mol. The van der Waals surface area contributed by atoms with Crippen LogP contribution in [0.5, 0.6) is 0 Å². The maximum absolute atomic E-state index is 12.7. The first kappa shape index (κ1) is 14.3. The molecule has 0 radical (unpaired) electrons. The quantitative estimate of drug-likeness (QED) is 0.844. The van der Waals surface area contributed by atoms with Crippen LogP contribution in [0, 0.1) is 11.2 Å². The Balaban J connectivity index is 2.71. The molecule has 0 aliphatic carbocycles. The molecule has 0 fully saturated rings. The van der Waals surface area contributed by atoms with Crippen molar-refractivity contribution in [1.82, 2.24) is 9.97 Å². The summed E-state index contributed by atoms with van der Waals surface area (Å²) in [6, 6.07) is -0.284. The van der Waals surface area contributed by atoms with E-state index < -0.39 is 11.8 Å². The van der Waals surface area contributed by atoms with Crippen LogP contribution in [0.3, 0.4) is 0 Å². The minimum absolute atomic E-state index is 0.0207. The van der Waals surface area contributed by atoms with Gasteiger partial charge in [0.15, 0.2) is 5.82 Å². The van der Waals surface area contributed by atoms with Gasteiger partial charge in [0.1, 0.15) is 0 Å². The molecule has 0 saturated carbocycles. The first-order valence-corrected chi connectivity index (χ1v) is 5.72. The van der Waals surface area contributed by atoms with E-state index in [0.717, 1.165) is 12.4 Å². The van der Waals surface area contributed by atoms with Crippen molar-refractivity contribution in [2.24, 2.45) is 5.41 Å². The Kier molecular flexibility index (Phi) is 4.58. The average Bonchev–Trinajstić information content (AvgIpc) is 2.18. The normalized spacial score (nSPS) is 13.1. The van der Waals surface area contributed by atoms with Gasteiger partial charge in [-0.2, -0.15) is 0 Å². The molecule has 1 rings (SSSR count). The van der Waals surface area contributed by atoms with Crippen molar-refractivity contribution in [3.05, 3.63) is 18.2 Å². The van der Waals surface area contributed by atoms with Gasteiger partial charge in [0.2, 0.25) is 5.95 Å². The van der Waals surface area contributed by atoms with Gasteiger partial charge in [0.05, 0.1) is 18.8 Å². The lowest BCUT2D eigenvalue weighted by molar-refractivity contribution is -0.137. The van der Waals surface area contributed by atoms with Crippen molar-refractivity contribution >= 4 is 11.9 Å². The van der Waals surface area contributed by atoms with Crippen LogP contribution in [-0.2, 0) is 4.79 Å². The number of hydrogen-bond acceptors (Lipinski definition) is 4. The molecule has 0 aliphatic rings. The van der Waals surface area contributed by atoms with Crippen LogP contribution < -0.4 is 5.32 Å². The van der Waals surface area contributed by atoms with Crippen molar-refractivity contribution in [3.8, 4) is 0 Å². The van der Waals surface area contributed by atoms with Gasteiger partial charge in [-0.3, -0.25) is 4.79 Å². The summed E-state index contributed by atoms with van der Waals surface area (Å²) in [4.78, 5) is 18.3. The van der Waals surface area contributed by atoms with Gasteiger partial charge in [-0.1, -0.05) is 20.8 Å². The highest BCUT2D eigenvalue weighted by atomic mass is 19.1. The maximum atomic E-state index is 12.7. The monoisotopic (exact) mass is 255 g/mol. The third kappa shape index (κ3) is 5.56. The molecule has 5 nitrogen and oxygen atoms in total. The second-order valence-electron chi connectivity index (χ2n) is 5.43. The number of carboxylic acids is 1. The molecule has 1 aromatic rings. The lowest BCUT2D eigenvalue weighted by Gasteiger charge is -2.25. The number of nitrogens with one attached hydrogen (secondary N) is 1. The number of rotatable bonds is 5. The first-order chi connectivity index (χ1) is 8.26. The second kappa shape index (κ2) is 5.75. The Morgan fingerprint density at radius 1 is 1.44 bits per heavy atom. The van der Waals surface area contributed by atoms with Gasteiger partial charge in [-0.15, -0.1) is 0 Å². The van der Waals surface area contributed by atoms with Crippen molar-refractivity contribution in [2.75, 3.05) is 5.32 Å². The molecule has 18 heavy (non-hydrogen) atoms. The Morgan fingerprint density at radius 3 is 2.44 bits per heavy atom. The smallest absolute Gasteiger partial charge is 0.305 e. The Labute approximate surface area is 105 Å². The summed E-state index contributed by atoms with van der Waals surface area (Å²) in [6.45, 7) is 6.07. The summed E-state index contributed by atoms with van der Waals surface area (Å²) in [5.41, 5.74) is -0.0207. The molecule has 0 bridgehead atoms. The number of aliphatic carboxylic acids is 1. The number of hydrogen-bond donors (Lipinski definition) is 2. The van der Waals surface area contributed by atoms with E-state index in [-0.39, 0.29) is 23.8 Å². The molecule has 1 atom stereocenters. The predicted molar refractivity (Wildman–Crippen MR) is 65.7 cm³/mol. The van der Waals surface area contributed by atoms with Gasteiger partial charge in [0.25, 0.3) is 0 Å². The fourth-order valence-corrected chi connectivity index (χ4v) is 1.69. The minimum atomic E-state index is -0.890. The lowest BCUT2D eigenvalue weighted by atomic mass is 9.87. The molecule has 6 heteroatoms. The Morgan fingerprint density at radius 2 is 2.00 bits per heavy atom. The standard InChI is InChI=1S/C12H18FN3O2/c1-12(2,3)5-9(4-10(17)18)16-11-14-6-8(13)7-15-11/h6-7,9H,4-5H2,1-3H3,(H,17,18)(H,14,15,16). The Bertz CT molecular complexity index is 401. The highest BCUT2D eigenvalue weighted by Gasteiger charge is 2.21. The number of aromatic nitrogens is 2. The molecule has 0 aliphatic heterocycles. The second-order valence-corrected chi connectivity index (χ2v) is 5.43. The third-order valence-electron chi connectivity index (χ3n) is 2.23. The summed E-state index contributed by atoms with van der Waals surface area (Å²) < 4.78 is 12.7. The van der Waals surface area contributed by atoms with Gasteiger partial charge in [-0.25, -0.2) is 14.4 Å². The van der Waals surface area contributed by atoms with Gasteiger partial charge in [0, 0.05) is 6.04 Å². The molecule has 0 spiro atoms. The lowest BCUT2D eigenvalue weighted by Crippen LogP contribution is -2.29. The van der Waals surface area contributed by atoms with Crippen LogP contribution in [0.1, 0.15) is 33.6 Å². The molecule has 2 N–H and O–H groups in total. The maximum Gasteiger partial charge on any atom is 0.305 e. The molecular weight excluding hydrogens is 237 g/mol. The molecule has 1 unspecified atom stereocenters. The summed E-state index contributed by atoms with van der Waals surface area (Å²) in [5.74, 6) is -1.17. The van der Waals surface area contributed by atoms with E-state index in [9.17, 15) is 9.18 Å². The van der Waals surface area contributed by atoms with Gasteiger partial charge < -0.3 is 10.4 Å². The zero-order valence-electron chi connectivity index (χ0n) is 10.8. The summed E-state index contributed by atoms with van der Waals surface area (Å²) >= 11 is 0. The topological polar surface area (TPSA) is 75.1 Å². The van der Waals surface area contributed by atoms with Gasteiger partial charge in [-0.05, 0) is 11.8 Å². The van der Waals surface area contributed by atoms with E-state index in [1.807, 2.05) is 20.8 Å². The first-order valence-electron chi connectivity index (χ1n) is 5.72. The molecule has 0 amide bonds. The van der Waals surface area contributed by atoms with Crippen LogP contribution in [-0.4, -0.2) is 27.1 Å². The van der Waals surface area contributed by atoms with E-state index in [4.69, 9.17) is 5.11 Å². The predicted octanol–water partition coefficient (Wildman–Crippen LogP) is 2.31. The van der Waals surface area contributed by atoms with E-state index >= 15 is 0 Å². The van der Waals surface area contributed by atoms with E-state index in [1.54, 1.807) is 0 Å². The molecule has 0 aromatic carbocycles. The fraction of sp³-hybridized carbons (Fsp3) is 0.583. The summed E-state index contributed by atoms with van der Waals surface area (Å²) in [6.07, 6.45) is 2.71. The zero-order valence-corrected chi connectivity index (χ0v) is 10.8.